The van der Waals surface area contributed by atoms with Gasteiger partial charge in [0.05, 0.1) is 19.1 Å². The van der Waals surface area contributed by atoms with E-state index in [1.54, 1.807) is 0 Å². The summed E-state index contributed by atoms with van der Waals surface area (Å²) >= 11 is 0. The summed E-state index contributed by atoms with van der Waals surface area (Å²) in [7, 11) is 0. The van der Waals surface area contributed by atoms with E-state index >= 15 is 0 Å². The first-order valence-electron chi connectivity index (χ1n) is 4.10. The van der Waals surface area contributed by atoms with Gasteiger partial charge in [-0.05, 0) is 19.8 Å². The molecule has 1 fully saturated rings. The van der Waals surface area contributed by atoms with Gasteiger partial charge in [-0.15, -0.1) is 0 Å². The Labute approximate surface area is 66.7 Å². The van der Waals surface area contributed by atoms with Crippen LogP contribution in [0.2, 0.25) is 0 Å². The van der Waals surface area contributed by atoms with E-state index in [2.05, 4.69) is 0 Å². The van der Waals surface area contributed by atoms with Gasteiger partial charge in [-0.2, -0.15) is 0 Å². The normalized spacial score (nSPS) is 23.5. The van der Waals surface area contributed by atoms with Crippen LogP contribution < -0.4 is 0 Å². The minimum atomic E-state index is -0.139. The summed E-state index contributed by atoms with van der Waals surface area (Å²) in [5.74, 6) is -0.139. The number of esters is 1. The molecule has 64 valence electrons. The van der Waals surface area contributed by atoms with Crippen LogP contribution in [0.1, 0.15) is 26.2 Å². The molecule has 0 radical (unpaired) electrons. The SMILES string of the molecule is CCOC(=O)C[C@@H]1CCCO1. The summed E-state index contributed by atoms with van der Waals surface area (Å²) in [6.07, 6.45) is 2.62. The van der Waals surface area contributed by atoms with Crippen molar-refractivity contribution in [3.63, 3.8) is 0 Å². The van der Waals surface area contributed by atoms with Crippen molar-refractivity contribution >= 4 is 5.97 Å². The topological polar surface area (TPSA) is 35.5 Å². The second-order valence-corrected chi connectivity index (χ2v) is 2.64. The van der Waals surface area contributed by atoms with Crippen LogP contribution in [-0.2, 0) is 14.3 Å². The van der Waals surface area contributed by atoms with Crippen molar-refractivity contribution in [2.75, 3.05) is 13.2 Å². The fourth-order valence-corrected chi connectivity index (χ4v) is 1.21. The van der Waals surface area contributed by atoms with E-state index in [0.29, 0.717) is 13.0 Å². The Morgan fingerprint density at radius 2 is 2.55 bits per heavy atom. The van der Waals surface area contributed by atoms with Gasteiger partial charge in [0.25, 0.3) is 0 Å². The quantitative estimate of drug-likeness (QED) is 0.577. The molecule has 1 aliphatic rings. The molecule has 0 amide bonds. The minimum Gasteiger partial charge on any atom is -0.466 e. The third kappa shape index (κ3) is 2.89. The van der Waals surface area contributed by atoms with Gasteiger partial charge in [0.2, 0.25) is 0 Å². The van der Waals surface area contributed by atoms with Gasteiger partial charge in [-0.25, -0.2) is 0 Å². The maximum Gasteiger partial charge on any atom is 0.308 e. The molecular weight excluding hydrogens is 144 g/mol. The van der Waals surface area contributed by atoms with Gasteiger partial charge >= 0.3 is 5.97 Å². The lowest BCUT2D eigenvalue weighted by Gasteiger charge is -2.07. The van der Waals surface area contributed by atoms with Gasteiger partial charge in [0, 0.05) is 6.61 Å². The van der Waals surface area contributed by atoms with Gasteiger partial charge < -0.3 is 9.47 Å². The summed E-state index contributed by atoms with van der Waals surface area (Å²) in [5.41, 5.74) is 0. The van der Waals surface area contributed by atoms with E-state index < -0.39 is 0 Å². The molecule has 0 spiro atoms. The molecule has 1 saturated heterocycles. The molecule has 3 heteroatoms. The first kappa shape index (κ1) is 8.53. The van der Waals surface area contributed by atoms with Crippen molar-refractivity contribution in [2.24, 2.45) is 0 Å². The molecule has 1 rings (SSSR count). The van der Waals surface area contributed by atoms with Crippen LogP contribution >= 0.6 is 0 Å². The third-order valence-corrected chi connectivity index (χ3v) is 1.72. The average Bonchev–Trinajstić information content (AvgIpc) is 2.40. The van der Waals surface area contributed by atoms with Crippen molar-refractivity contribution in [2.45, 2.75) is 32.3 Å². The Morgan fingerprint density at radius 1 is 1.73 bits per heavy atom. The second-order valence-electron chi connectivity index (χ2n) is 2.64. The average molecular weight is 158 g/mol. The number of hydrogen-bond donors (Lipinski definition) is 0. The van der Waals surface area contributed by atoms with Crippen LogP contribution in [0.5, 0.6) is 0 Å². The predicted octanol–water partition coefficient (Wildman–Crippen LogP) is 1.12. The van der Waals surface area contributed by atoms with Crippen LogP contribution in [0, 0.1) is 0 Å². The van der Waals surface area contributed by atoms with E-state index in [0.717, 1.165) is 19.4 Å². The molecule has 0 aromatic heterocycles. The number of hydrogen-bond acceptors (Lipinski definition) is 3. The van der Waals surface area contributed by atoms with Crippen molar-refractivity contribution in [1.82, 2.24) is 0 Å². The second kappa shape index (κ2) is 4.34. The van der Waals surface area contributed by atoms with Crippen molar-refractivity contribution in [1.29, 1.82) is 0 Å². The minimum absolute atomic E-state index is 0.119. The van der Waals surface area contributed by atoms with Crippen LogP contribution in [0.3, 0.4) is 0 Å². The largest absolute Gasteiger partial charge is 0.466 e. The Balaban J connectivity index is 2.13. The summed E-state index contributed by atoms with van der Waals surface area (Å²) in [5, 5.41) is 0. The van der Waals surface area contributed by atoms with E-state index in [1.807, 2.05) is 6.92 Å². The summed E-state index contributed by atoms with van der Waals surface area (Å²) in [6, 6.07) is 0. The summed E-state index contributed by atoms with van der Waals surface area (Å²) in [6.45, 7) is 3.07. The van der Waals surface area contributed by atoms with E-state index in [9.17, 15) is 4.79 Å². The summed E-state index contributed by atoms with van der Waals surface area (Å²) in [4.78, 5) is 10.9. The smallest absolute Gasteiger partial charge is 0.308 e. The summed E-state index contributed by atoms with van der Waals surface area (Å²) < 4.78 is 10.1. The zero-order chi connectivity index (χ0) is 8.10. The molecule has 0 unspecified atom stereocenters. The van der Waals surface area contributed by atoms with E-state index in [4.69, 9.17) is 9.47 Å². The van der Waals surface area contributed by atoms with E-state index in [1.165, 1.54) is 0 Å². The van der Waals surface area contributed by atoms with Crippen molar-refractivity contribution in [3.05, 3.63) is 0 Å². The maximum atomic E-state index is 10.9. The Hall–Kier alpha value is -0.570. The van der Waals surface area contributed by atoms with Crippen LogP contribution in [0.4, 0.5) is 0 Å². The molecule has 3 nitrogen and oxygen atoms in total. The van der Waals surface area contributed by atoms with E-state index in [-0.39, 0.29) is 12.1 Å². The third-order valence-electron chi connectivity index (χ3n) is 1.72. The molecule has 1 aliphatic heterocycles. The fourth-order valence-electron chi connectivity index (χ4n) is 1.21. The molecule has 0 aromatic carbocycles. The van der Waals surface area contributed by atoms with Crippen LogP contribution in [-0.4, -0.2) is 25.3 Å². The molecule has 11 heavy (non-hydrogen) atoms. The Kier molecular flexibility index (Phi) is 3.36. The first-order chi connectivity index (χ1) is 5.33. The highest BCUT2D eigenvalue weighted by molar-refractivity contribution is 5.69. The van der Waals surface area contributed by atoms with Crippen LogP contribution in [0.15, 0.2) is 0 Å². The van der Waals surface area contributed by atoms with Crippen molar-refractivity contribution in [3.8, 4) is 0 Å². The lowest BCUT2D eigenvalue weighted by atomic mass is 10.2. The van der Waals surface area contributed by atoms with Crippen LogP contribution in [0.25, 0.3) is 0 Å². The number of carbonyl (C=O) groups excluding carboxylic acids is 1. The first-order valence-corrected chi connectivity index (χ1v) is 4.10. The molecule has 1 heterocycles. The van der Waals surface area contributed by atoms with Gasteiger partial charge in [-0.1, -0.05) is 0 Å². The number of rotatable bonds is 3. The van der Waals surface area contributed by atoms with Gasteiger partial charge in [0.1, 0.15) is 0 Å². The highest BCUT2D eigenvalue weighted by Crippen LogP contribution is 2.15. The highest BCUT2D eigenvalue weighted by Gasteiger charge is 2.19. The predicted molar refractivity (Wildman–Crippen MR) is 40.2 cm³/mol. The zero-order valence-corrected chi connectivity index (χ0v) is 6.84. The molecule has 0 N–H and O–H groups in total. The molecule has 1 atom stereocenters. The molecule has 0 bridgehead atoms. The molecular formula is C8H14O3. The maximum absolute atomic E-state index is 10.9. The Bertz CT molecular complexity index is 127. The van der Waals surface area contributed by atoms with Gasteiger partial charge in [-0.3, -0.25) is 4.79 Å². The lowest BCUT2D eigenvalue weighted by molar-refractivity contribution is -0.145. The fraction of sp³-hybridized carbons (Fsp3) is 0.875. The molecule has 0 aromatic rings. The zero-order valence-electron chi connectivity index (χ0n) is 6.84. The molecule has 0 saturated carbocycles. The Morgan fingerprint density at radius 3 is 3.09 bits per heavy atom. The van der Waals surface area contributed by atoms with Gasteiger partial charge in [0.15, 0.2) is 0 Å². The standard InChI is InChI=1S/C8H14O3/c1-2-10-8(9)6-7-4-3-5-11-7/h7H,2-6H2,1H3/t7-/m0/s1. The highest BCUT2D eigenvalue weighted by atomic mass is 16.5. The lowest BCUT2D eigenvalue weighted by Crippen LogP contribution is -2.14. The molecule has 0 aliphatic carbocycles. The number of ether oxygens (including phenoxy) is 2. The monoisotopic (exact) mass is 158 g/mol. The van der Waals surface area contributed by atoms with Crippen molar-refractivity contribution < 1.29 is 14.3 Å². The number of carbonyl (C=O) groups is 1.